The van der Waals surface area contributed by atoms with Crippen LogP contribution in [0.3, 0.4) is 0 Å². The molecule has 0 radical (unpaired) electrons. The molecule has 0 unspecified atom stereocenters. The van der Waals surface area contributed by atoms with E-state index in [-0.39, 0.29) is 0 Å². The van der Waals surface area contributed by atoms with Gasteiger partial charge < -0.3 is 18.9 Å². The van der Waals surface area contributed by atoms with E-state index < -0.39 is 16.1 Å². The summed E-state index contributed by atoms with van der Waals surface area (Å²) in [5, 5.41) is 20.6. The molecule has 0 spiro atoms. The van der Waals surface area contributed by atoms with Crippen molar-refractivity contribution in [1.29, 1.82) is 0 Å². The molecule has 0 fully saturated rings. The second-order valence-electron chi connectivity index (χ2n) is 37.6. The molecule has 24 aromatic carbocycles. The van der Waals surface area contributed by atoms with E-state index in [0.717, 1.165) is 51.1 Å². The summed E-state index contributed by atoms with van der Waals surface area (Å²) in [6.07, 6.45) is 0. The van der Waals surface area contributed by atoms with Gasteiger partial charge >= 0.3 is 0 Å². The first-order valence-electron chi connectivity index (χ1n) is 50.3. The first-order chi connectivity index (χ1) is 72.5. The quantitative estimate of drug-likeness (QED) is 0.0497. The number of benzene rings is 24. The minimum atomic E-state index is -2.83. The van der Waals surface area contributed by atoms with E-state index in [1.165, 1.54) is 168 Å². The van der Waals surface area contributed by atoms with Crippen molar-refractivity contribution < 1.29 is 0 Å². The Labute approximate surface area is 854 Å². The molecule has 26 aromatic rings. The Bertz CT molecular complexity index is 8960. The van der Waals surface area contributed by atoms with Gasteiger partial charge in [0, 0.05) is 66.9 Å². The second kappa shape index (κ2) is 39.1. The molecule has 0 aliphatic heterocycles. The van der Waals surface area contributed by atoms with E-state index >= 15 is 0 Å². The first kappa shape index (κ1) is 88.8. The summed E-state index contributed by atoms with van der Waals surface area (Å²) in [5.74, 6) is 0. The predicted molar refractivity (Wildman–Crippen MR) is 626 cm³/mol. The predicted octanol–water partition coefficient (Wildman–Crippen LogP) is 31.6. The zero-order valence-electron chi connectivity index (χ0n) is 80.5. The Kier molecular flexibility index (Phi) is 23.8. The summed E-state index contributed by atoms with van der Waals surface area (Å²) in [7, 11) is -5.66. The summed E-state index contributed by atoms with van der Waals surface area (Å²) < 4.78 is 4.86. The highest BCUT2D eigenvalue weighted by atomic mass is 28.3. The fourth-order valence-electron chi connectivity index (χ4n) is 22.9. The van der Waals surface area contributed by atoms with Crippen LogP contribution >= 0.6 is 0 Å². The number of rotatable bonds is 22. The fraction of sp³-hybridized carbons (Fsp3) is 0. The molecule has 0 saturated heterocycles. The van der Waals surface area contributed by atoms with Gasteiger partial charge in [0.05, 0.1) is 27.8 Å². The van der Waals surface area contributed by atoms with E-state index in [1.807, 2.05) is 0 Å². The van der Waals surface area contributed by atoms with Crippen LogP contribution in [0, 0.1) is 0 Å². The molecule has 2 aromatic heterocycles. The molecular weight excluding hydrogens is 1790 g/mol. The summed E-state index contributed by atoms with van der Waals surface area (Å²) >= 11 is 0. The largest absolute Gasteiger partial charge is 0.311 e. The standard InChI is InChI=1S/2C70H50N2Si/c1-5-22-52(23-6-1)64-35-15-17-39-67(64)72-68-40-18-16-36-66(68)70-65(38-21-41-69(70)72)54-44-48-56(49-45-54)71(55-46-42-53(43-47-55)63-37-19-25-51-24-13-14-34-62(51)63)57-26-20-33-61(50-57)73(58-27-7-2-8-28-58,59-29-9-3-10-30-59)60-31-11-4-12-32-60;1-5-20-51(21-6-1)52-38-44-58(45-39-52)72-68-36-16-15-33-67(68)70-66(35-19-37-69(70)72)55-42-48-57(49-43-55)71(56-46-40-54(41-47-56)65-34-17-23-53-22-13-14-32-64(53)65)59-24-18-31-63(50-59)73(60-25-7-2-8-26-60,61-27-9-3-10-28-61)62-29-11-4-12-30-62/h2*1-50H. The smallest absolute Gasteiger partial charge is 0.179 e. The lowest BCUT2D eigenvalue weighted by atomic mass is 9.97. The Morgan fingerprint density at radius 2 is 0.390 bits per heavy atom. The third-order valence-corrected chi connectivity index (χ3v) is 39.0. The highest BCUT2D eigenvalue weighted by Gasteiger charge is 2.44. The molecular formula is C140H100N4Si2. The number of aromatic nitrogens is 2. The van der Waals surface area contributed by atoms with E-state index in [4.69, 9.17) is 0 Å². The minimum absolute atomic E-state index is 1.08. The molecule has 0 saturated carbocycles. The lowest BCUT2D eigenvalue weighted by Gasteiger charge is -2.35. The van der Waals surface area contributed by atoms with Gasteiger partial charge in [0.15, 0.2) is 16.1 Å². The normalized spacial score (nSPS) is 11.6. The van der Waals surface area contributed by atoms with Crippen LogP contribution in [0.5, 0.6) is 0 Å². The summed E-state index contributed by atoms with van der Waals surface area (Å²) in [6.45, 7) is 0. The van der Waals surface area contributed by atoms with Crippen molar-refractivity contribution in [3.63, 3.8) is 0 Å². The Balaban J connectivity index is 0.000000152. The number of fused-ring (bicyclic) bond motifs is 8. The van der Waals surface area contributed by atoms with Crippen molar-refractivity contribution >= 4 is 157 Å². The van der Waals surface area contributed by atoms with Gasteiger partial charge in [-0.15, -0.1) is 0 Å². The Morgan fingerprint density at radius 1 is 0.144 bits per heavy atom. The third kappa shape index (κ3) is 16.2. The number of hydrogen-bond acceptors (Lipinski definition) is 2. The van der Waals surface area contributed by atoms with Gasteiger partial charge in [-0.25, -0.2) is 0 Å². The van der Waals surface area contributed by atoms with Gasteiger partial charge in [-0.1, -0.05) is 491 Å². The van der Waals surface area contributed by atoms with Gasteiger partial charge in [-0.05, 0) is 239 Å². The molecule has 0 bridgehead atoms. The maximum atomic E-state index is 2.47. The van der Waals surface area contributed by atoms with Crippen LogP contribution in [0.15, 0.2) is 607 Å². The summed E-state index contributed by atoms with van der Waals surface area (Å²) in [4.78, 5) is 4.87. The highest BCUT2D eigenvalue weighted by Crippen LogP contribution is 2.47. The van der Waals surface area contributed by atoms with Crippen LogP contribution in [-0.2, 0) is 0 Å². The molecule has 2 heterocycles. The fourth-order valence-corrected chi connectivity index (χ4v) is 32.5. The van der Waals surface area contributed by atoms with E-state index in [1.54, 1.807) is 0 Å². The molecule has 0 aliphatic rings. The minimum Gasteiger partial charge on any atom is -0.311 e. The second-order valence-corrected chi connectivity index (χ2v) is 45.2. The van der Waals surface area contributed by atoms with Crippen molar-refractivity contribution in [2.75, 3.05) is 9.80 Å². The van der Waals surface area contributed by atoms with Crippen LogP contribution in [0.1, 0.15) is 0 Å². The van der Waals surface area contributed by atoms with Gasteiger partial charge in [0.1, 0.15) is 0 Å². The Morgan fingerprint density at radius 3 is 0.781 bits per heavy atom. The molecule has 6 heteroatoms. The molecule has 26 rings (SSSR count). The average molecular weight is 1890 g/mol. The number of para-hydroxylation sites is 3. The molecule has 0 amide bonds. The number of nitrogens with zero attached hydrogens (tertiary/aromatic N) is 4. The maximum Gasteiger partial charge on any atom is 0.179 e. The van der Waals surface area contributed by atoms with Gasteiger partial charge in [0.25, 0.3) is 0 Å². The van der Waals surface area contributed by atoms with Crippen molar-refractivity contribution in [3.8, 4) is 78.1 Å². The first-order valence-corrected chi connectivity index (χ1v) is 54.3. The van der Waals surface area contributed by atoms with Crippen molar-refractivity contribution in [3.05, 3.63) is 607 Å². The van der Waals surface area contributed by atoms with Crippen LogP contribution in [0.2, 0.25) is 0 Å². The monoisotopic (exact) mass is 1890 g/mol. The molecule has 0 atom stereocenters. The van der Waals surface area contributed by atoms with Crippen LogP contribution < -0.4 is 51.3 Å². The van der Waals surface area contributed by atoms with E-state index in [0.29, 0.717) is 0 Å². The van der Waals surface area contributed by atoms with Gasteiger partial charge in [-0.2, -0.15) is 0 Å². The molecule has 0 aliphatic carbocycles. The molecule has 688 valence electrons. The van der Waals surface area contributed by atoms with E-state index in [2.05, 4.69) is 626 Å². The summed E-state index contributed by atoms with van der Waals surface area (Å²) in [6, 6.07) is 223. The van der Waals surface area contributed by atoms with Crippen molar-refractivity contribution in [2.45, 2.75) is 0 Å². The third-order valence-electron chi connectivity index (χ3n) is 29.5. The van der Waals surface area contributed by atoms with Crippen LogP contribution in [0.4, 0.5) is 34.1 Å². The molecule has 146 heavy (non-hydrogen) atoms. The SMILES string of the molecule is c1ccc(-c2ccc(-n3c4ccccc4c4c(-c5ccc(N(c6ccc(-c7cccc8ccccc78)cc6)c6cccc([Si](c7ccccc7)(c7ccccc7)c7ccccc7)c6)cc5)cccc43)cc2)cc1.c1ccc(-c2ccccc2-n2c3ccccc3c3c(-c4ccc(N(c5ccc(-c6cccc7ccccc67)cc5)c5cccc([Si](c6ccccc6)(c6ccccc6)c6ccccc6)c5)cc4)cccc32)cc1. The topological polar surface area (TPSA) is 16.3 Å². The van der Waals surface area contributed by atoms with E-state index in [9.17, 15) is 0 Å². The molecule has 4 nitrogen and oxygen atoms in total. The van der Waals surface area contributed by atoms with Crippen LogP contribution in [0.25, 0.3) is 143 Å². The van der Waals surface area contributed by atoms with Gasteiger partial charge in [-0.3, -0.25) is 0 Å². The van der Waals surface area contributed by atoms with Gasteiger partial charge in [0.2, 0.25) is 0 Å². The Hall–Kier alpha value is -18.6. The van der Waals surface area contributed by atoms with Crippen LogP contribution in [-0.4, -0.2) is 25.3 Å². The zero-order valence-corrected chi connectivity index (χ0v) is 82.5. The number of hydrogen-bond donors (Lipinski definition) is 0. The number of anilines is 6. The molecule has 0 N–H and O–H groups in total. The average Bonchev–Trinajstić information content (AvgIpc) is 1.44. The lowest BCUT2D eigenvalue weighted by molar-refractivity contribution is 1.18. The maximum absolute atomic E-state index is 2.83. The highest BCUT2D eigenvalue weighted by molar-refractivity contribution is 7.20. The lowest BCUT2D eigenvalue weighted by Crippen LogP contribution is -2.74. The summed E-state index contributed by atoms with van der Waals surface area (Å²) in [5.41, 5.74) is 28.0. The van der Waals surface area contributed by atoms with Crippen molar-refractivity contribution in [1.82, 2.24) is 9.13 Å². The van der Waals surface area contributed by atoms with Crippen molar-refractivity contribution in [2.24, 2.45) is 0 Å². The zero-order chi connectivity index (χ0) is 97.1.